The summed E-state index contributed by atoms with van der Waals surface area (Å²) in [6, 6.07) is 5.97. The number of benzene rings is 1. The van der Waals surface area contributed by atoms with Crippen LogP contribution >= 0.6 is 11.6 Å². The van der Waals surface area contributed by atoms with E-state index in [1.54, 1.807) is 6.08 Å². The number of allylic oxidation sites excluding steroid dienone is 1. The third-order valence-corrected chi connectivity index (χ3v) is 2.32. The molecule has 0 amide bonds. The van der Waals surface area contributed by atoms with E-state index in [0.29, 0.717) is 0 Å². The maximum atomic E-state index is 5.95. The Morgan fingerprint density at radius 1 is 1.50 bits per heavy atom. The molecule has 1 rings (SSSR count). The minimum Gasteiger partial charge on any atom is -0.102 e. The first-order valence-electron chi connectivity index (χ1n) is 3.87. The number of rotatable bonds is 2. The Hall–Kier alpha value is -0.750. The van der Waals surface area contributed by atoms with Crippen molar-refractivity contribution in [1.82, 2.24) is 0 Å². The number of aryl methyl sites for hydroxylation is 1. The molecule has 0 heterocycles. The van der Waals surface area contributed by atoms with Gasteiger partial charge in [-0.2, -0.15) is 0 Å². The second-order valence-corrected chi connectivity index (χ2v) is 3.26. The highest BCUT2D eigenvalue weighted by atomic mass is 35.5. The minimum absolute atomic E-state index is 0.128. The van der Waals surface area contributed by atoms with Crippen LogP contribution in [-0.4, -0.2) is 0 Å². The third-order valence-electron chi connectivity index (χ3n) is 1.91. The lowest BCUT2D eigenvalue weighted by Crippen LogP contribution is -1.89. The van der Waals surface area contributed by atoms with Crippen molar-refractivity contribution in [2.75, 3.05) is 0 Å². The van der Waals surface area contributed by atoms with Crippen molar-refractivity contribution in [2.45, 2.75) is 12.8 Å². The Morgan fingerprint density at radius 2 is 2.17 bits per heavy atom. The molecule has 0 N–H and O–H groups in total. The molecule has 1 radical (unpaired) electrons. The van der Waals surface area contributed by atoms with Gasteiger partial charge < -0.3 is 0 Å². The van der Waals surface area contributed by atoms with Gasteiger partial charge in [0.25, 0.3) is 0 Å². The molecule has 0 fully saturated rings. The van der Waals surface area contributed by atoms with Crippen LogP contribution in [0.1, 0.15) is 17.0 Å². The van der Waals surface area contributed by atoms with E-state index in [2.05, 4.69) is 13.5 Å². The highest BCUT2D eigenvalue weighted by molar-refractivity contribution is 6.31. The van der Waals surface area contributed by atoms with Crippen molar-refractivity contribution < 1.29 is 0 Å². The Morgan fingerprint density at radius 3 is 2.67 bits per heavy atom. The van der Waals surface area contributed by atoms with Gasteiger partial charge >= 0.3 is 0 Å². The molecule has 0 spiro atoms. The quantitative estimate of drug-likeness (QED) is 0.607. The van der Waals surface area contributed by atoms with E-state index in [1.165, 1.54) is 0 Å². The van der Waals surface area contributed by atoms with Gasteiger partial charge in [-0.25, -0.2) is 0 Å². The predicted molar refractivity (Wildman–Crippen MR) is 54.5 cm³/mol. The zero-order valence-electron chi connectivity index (χ0n) is 7.18. The van der Waals surface area contributed by atoms with E-state index < -0.39 is 0 Å². The van der Waals surface area contributed by atoms with Crippen LogP contribution in [0.25, 0.3) is 0 Å². The van der Waals surface area contributed by atoms with Crippen LogP contribution in [-0.2, 0) is 0 Å². The van der Waals surface area contributed by atoms with Gasteiger partial charge in [0.1, 0.15) is 0 Å². The summed E-state index contributed by atoms with van der Waals surface area (Å²) in [5.41, 5.74) is 2.21. The van der Waals surface area contributed by atoms with Crippen LogP contribution in [0.2, 0.25) is 5.02 Å². The van der Waals surface area contributed by atoms with Crippen LogP contribution in [0, 0.1) is 13.8 Å². The topological polar surface area (TPSA) is 0 Å². The highest BCUT2D eigenvalue weighted by Crippen LogP contribution is 2.22. The summed E-state index contributed by atoms with van der Waals surface area (Å²) >= 11 is 5.95. The zero-order valence-corrected chi connectivity index (χ0v) is 7.93. The van der Waals surface area contributed by atoms with Gasteiger partial charge in [0.15, 0.2) is 0 Å². The summed E-state index contributed by atoms with van der Waals surface area (Å²) in [5.74, 6) is 0.128. The summed E-state index contributed by atoms with van der Waals surface area (Å²) < 4.78 is 0. The lowest BCUT2D eigenvalue weighted by molar-refractivity contribution is 1.08. The Bertz CT molecular complexity index is 289. The van der Waals surface area contributed by atoms with Gasteiger partial charge in [-0.3, -0.25) is 0 Å². The molecule has 0 nitrogen and oxygen atoms in total. The molecule has 0 bridgehead atoms. The van der Waals surface area contributed by atoms with Crippen molar-refractivity contribution in [3.05, 3.63) is 53.9 Å². The summed E-state index contributed by atoms with van der Waals surface area (Å²) in [7, 11) is 0. The van der Waals surface area contributed by atoms with Crippen molar-refractivity contribution in [3.63, 3.8) is 0 Å². The van der Waals surface area contributed by atoms with E-state index in [-0.39, 0.29) is 5.92 Å². The van der Waals surface area contributed by atoms with Gasteiger partial charge in [0.05, 0.1) is 0 Å². The van der Waals surface area contributed by atoms with Gasteiger partial charge in [-0.15, -0.1) is 6.58 Å². The van der Waals surface area contributed by atoms with Gasteiger partial charge in [-0.05, 0) is 31.0 Å². The van der Waals surface area contributed by atoms with Crippen LogP contribution in [0.3, 0.4) is 0 Å². The first-order valence-corrected chi connectivity index (χ1v) is 4.24. The first kappa shape index (κ1) is 9.34. The third kappa shape index (κ3) is 1.89. The molecule has 1 aromatic carbocycles. The van der Waals surface area contributed by atoms with Crippen molar-refractivity contribution in [2.24, 2.45) is 0 Å². The molecule has 0 saturated heterocycles. The number of hydrogen-bond acceptors (Lipinski definition) is 0. The van der Waals surface area contributed by atoms with Crippen LogP contribution < -0.4 is 0 Å². The molecule has 0 aromatic heterocycles. The molecule has 1 aromatic rings. The average molecular weight is 180 g/mol. The van der Waals surface area contributed by atoms with E-state index in [9.17, 15) is 0 Å². The Balaban J connectivity index is 3.04. The van der Waals surface area contributed by atoms with Crippen LogP contribution in [0.4, 0.5) is 0 Å². The monoisotopic (exact) mass is 179 g/mol. The first-order chi connectivity index (χ1) is 5.65. The molecule has 63 valence electrons. The molecular formula is C11H12Cl. The maximum absolute atomic E-state index is 5.95. The minimum atomic E-state index is 0.128. The molecule has 1 atom stereocenters. The summed E-state index contributed by atoms with van der Waals surface area (Å²) in [6.07, 6.45) is 1.81. The molecular weight excluding hydrogens is 168 g/mol. The van der Waals surface area contributed by atoms with Gasteiger partial charge in [0.2, 0.25) is 0 Å². The van der Waals surface area contributed by atoms with E-state index in [0.717, 1.165) is 16.1 Å². The number of halogens is 1. The standard InChI is InChI=1S/C11H12Cl/c1-4-8(2)10-6-5-9(3)11(12)7-10/h4-8H,1-2H2,3H3. The fraction of sp³-hybridized carbons (Fsp3) is 0.182. The molecule has 1 heteroatoms. The van der Waals surface area contributed by atoms with Crippen LogP contribution in [0.5, 0.6) is 0 Å². The molecule has 0 aliphatic rings. The summed E-state index contributed by atoms with van der Waals surface area (Å²) in [6.45, 7) is 9.59. The highest BCUT2D eigenvalue weighted by Gasteiger charge is 2.02. The number of hydrogen-bond donors (Lipinski definition) is 0. The van der Waals surface area contributed by atoms with Gasteiger partial charge in [-0.1, -0.05) is 29.8 Å². The maximum Gasteiger partial charge on any atom is 0.0438 e. The smallest absolute Gasteiger partial charge is 0.0438 e. The molecule has 0 saturated carbocycles. The lowest BCUT2D eigenvalue weighted by atomic mass is 10.0. The van der Waals surface area contributed by atoms with Gasteiger partial charge in [0, 0.05) is 10.9 Å². The average Bonchev–Trinajstić information content (AvgIpc) is 2.08. The normalized spacial score (nSPS) is 12.6. The molecule has 12 heavy (non-hydrogen) atoms. The molecule has 0 aliphatic heterocycles. The SMILES string of the molecule is [CH2]C(C=C)c1ccc(C)c(Cl)c1. The summed E-state index contributed by atoms with van der Waals surface area (Å²) in [4.78, 5) is 0. The van der Waals surface area contributed by atoms with E-state index in [4.69, 9.17) is 11.6 Å². The summed E-state index contributed by atoms with van der Waals surface area (Å²) in [5, 5.41) is 0.794. The largest absolute Gasteiger partial charge is 0.102 e. The fourth-order valence-electron chi connectivity index (χ4n) is 0.976. The van der Waals surface area contributed by atoms with Crippen LogP contribution in [0.15, 0.2) is 30.9 Å². The van der Waals surface area contributed by atoms with Crippen molar-refractivity contribution in [1.29, 1.82) is 0 Å². The molecule has 1 unspecified atom stereocenters. The van der Waals surface area contributed by atoms with E-state index >= 15 is 0 Å². The van der Waals surface area contributed by atoms with Crippen molar-refractivity contribution >= 4 is 11.6 Å². The molecule has 0 aliphatic carbocycles. The zero-order chi connectivity index (χ0) is 9.14. The Kier molecular flexibility index (Phi) is 2.93. The fourth-order valence-corrected chi connectivity index (χ4v) is 1.16. The second-order valence-electron chi connectivity index (χ2n) is 2.85. The lowest BCUT2D eigenvalue weighted by Gasteiger charge is -2.07. The Labute approximate surface area is 78.9 Å². The predicted octanol–water partition coefficient (Wildman–Crippen LogP) is 3.75. The second kappa shape index (κ2) is 3.77. The van der Waals surface area contributed by atoms with Crippen molar-refractivity contribution in [3.8, 4) is 0 Å². The van der Waals surface area contributed by atoms with E-state index in [1.807, 2.05) is 25.1 Å².